The molecule has 9 heteroatoms. The lowest BCUT2D eigenvalue weighted by molar-refractivity contribution is -0.149. The van der Waals surface area contributed by atoms with Gasteiger partial charge in [-0.1, -0.05) is 0 Å². The van der Waals surface area contributed by atoms with Crippen LogP contribution < -0.4 is 11.1 Å². The van der Waals surface area contributed by atoms with Crippen LogP contribution in [0.3, 0.4) is 0 Å². The molecule has 1 aliphatic heterocycles. The second-order valence-electron chi connectivity index (χ2n) is 6.82. The average Bonchev–Trinajstić information content (AvgIpc) is 2.83. The Labute approximate surface area is 146 Å². The van der Waals surface area contributed by atoms with E-state index in [0.717, 1.165) is 0 Å². The third-order valence-electron chi connectivity index (χ3n) is 3.50. The molecule has 0 aliphatic carbocycles. The first-order valence-electron chi connectivity index (χ1n) is 7.82. The number of carbonyl (C=O) groups excluding carboxylic acids is 2. The van der Waals surface area contributed by atoms with Crippen molar-refractivity contribution in [2.75, 3.05) is 18.6 Å². The third kappa shape index (κ3) is 6.20. The highest BCUT2D eigenvalue weighted by Crippen LogP contribution is 2.19. The van der Waals surface area contributed by atoms with Crippen LogP contribution in [0.2, 0.25) is 0 Å². The summed E-state index contributed by atoms with van der Waals surface area (Å²) in [6.45, 7) is 5.35. The van der Waals surface area contributed by atoms with Gasteiger partial charge in [-0.3, -0.25) is 4.79 Å². The summed E-state index contributed by atoms with van der Waals surface area (Å²) in [7, 11) is 0. The summed E-state index contributed by atoms with van der Waals surface area (Å²) in [5, 5.41) is 11.8. The molecular weight excluding hydrogens is 334 g/mol. The molecule has 1 rings (SSSR count). The number of rotatable bonds is 6. The summed E-state index contributed by atoms with van der Waals surface area (Å²) < 4.78 is 5.19. The molecule has 138 valence electrons. The van der Waals surface area contributed by atoms with Crippen molar-refractivity contribution in [1.29, 1.82) is 0 Å². The van der Waals surface area contributed by atoms with Gasteiger partial charge in [-0.2, -0.15) is 11.8 Å². The van der Waals surface area contributed by atoms with E-state index in [9.17, 15) is 19.5 Å². The predicted octanol–water partition coefficient (Wildman–Crippen LogP) is 0.646. The number of ether oxygens (including phenoxy) is 1. The van der Waals surface area contributed by atoms with Gasteiger partial charge in [-0.05, 0) is 45.6 Å². The summed E-state index contributed by atoms with van der Waals surface area (Å²) in [4.78, 5) is 37.3. The van der Waals surface area contributed by atoms with E-state index < -0.39 is 35.7 Å². The SMILES string of the molecule is CSCC[C@H](NC(=O)OC(C)(C)C)C(=O)N1C[C@@H](N)C[C@H]1C(=O)O. The van der Waals surface area contributed by atoms with Crippen LogP contribution in [0.5, 0.6) is 0 Å². The second kappa shape index (κ2) is 8.57. The van der Waals surface area contributed by atoms with Gasteiger partial charge in [0.05, 0.1) is 0 Å². The molecule has 0 bridgehead atoms. The van der Waals surface area contributed by atoms with Crippen LogP contribution in [-0.2, 0) is 14.3 Å². The first kappa shape index (κ1) is 20.6. The van der Waals surface area contributed by atoms with Crippen molar-refractivity contribution in [2.24, 2.45) is 5.73 Å². The lowest BCUT2D eigenvalue weighted by atomic mass is 10.1. The zero-order valence-corrected chi connectivity index (χ0v) is 15.4. The largest absolute Gasteiger partial charge is 0.480 e. The van der Waals surface area contributed by atoms with Gasteiger partial charge in [0.2, 0.25) is 5.91 Å². The van der Waals surface area contributed by atoms with Crippen molar-refractivity contribution >= 4 is 29.7 Å². The molecule has 0 aromatic rings. The van der Waals surface area contributed by atoms with Gasteiger partial charge >= 0.3 is 12.1 Å². The van der Waals surface area contributed by atoms with E-state index in [1.165, 1.54) is 16.7 Å². The quantitative estimate of drug-likeness (QED) is 0.635. The van der Waals surface area contributed by atoms with Crippen molar-refractivity contribution in [3.8, 4) is 0 Å². The summed E-state index contributed by atoms with van der Waals surface area (Å²) in [5.74, 6) is -0.878. The highest BCUT2D eigenvalue weighted by atomic mass is 32.2. The number of amides is 2. The lowest BCUT2D eigenvalue weighted by Crippen LogP contribution is -2.52. The molecular formula is C15H27N3O5S. The van der Waals surface area contributed by atoms with Crippen molar-refractivity contribution in [3.05, 3.63) is 0 Å². The molecule has 0 saturated carbocycles. The van der Waals surface area contributed by atoms with Crippen LogP contribution >= 0.6 is 11.8 Å². The Hall–Kier alpha value is -1.48. The third-order valence-corrected chi connectivity index (χ3v) is 4.15. The Balaban J connectivity index is 2.84. The minimum Gasteiger partial charge on any atom is -0.480 e. The molecule has 0 aromatic carbocycles. The molecule has 0 radical (unpaired) electrons. The second-order valence-corrected chi connectivity index (χ2v) is 7.81. The fourth-order valence-electron chi connectivity index (χ4n) is 2.49. The molecule has 0 unspecified atom stereocenters. The van der Waals surface area contributed by atoms with E-state index in [0.29, 0.717) is 12.2 Å². The van der Waals surface area contributed by atoms with E-state index >= 15 is 0 Å². The maximum Gasteiger partial charge on any atom is 0.408 e. The van der Waals surface area contributed by atoms with Crippen LogP contribution in [0.25, 0.3) is 0 Å². The number of nitrogens with two attached hydrogens (primary N) is 1. The Morgan fingerprint density at radius 2 is 2.04 bits per heavy atom. The standard InChI is InChI=1S/C15H27N3O5S/c1-15(2,3)23-14(22)17-10(5-6-24-4)12(19)18-8-9(16)7-11(18)13(20)21/h9-11H,5-8,16H2,1-4H3,(H,17,22)(H,20,21)/t9-,10-,11-/m0/s1. The molecule has 8 nitrogen and oxygen atoms in total. The monoisotopic (exact) mass is 361 g/mol. The number of aliphatic carboxylic acids is 1. The Kier molecular flexibility index (Phi) is 7.34. The van der Waals surface area contributed by atoms with Gasteiger partial charge in [0.15, 0.2) is 0 Å². The van der Waals surface area contributed by atoms with Gasteiger partial charge in [0.1, 0.15) is 17.7 Å². The van der Waals surface area contributed by atoms with E-state index in [4.69, 9.17) is 10.5 Å². The first-order valence-corrected chi connectivity index (χ1v) is 9.22. The molecule has 0 aromatic heterocycles. The van der Waals surface area contributed by atoms with Crippen LogP contribution in [0.4, 0.5) is 4.79 Å². The normalized spacial score (nSPS) is 22.1. The summed E-state index contributed by atoms with van der Waals surface area (Å²) in [5.41, 5.74) is 5.12. The summed E-state index contributed by atoms with van der Waals surface area (Å²) >= 11 is 1.53. The van der Waals surface area contributed by atoms with Crippen LogP contribution in [-0.4, -0.2) is 70.3 Å². The van der Waals surface area contributed by atoms with Crippen LogP contribution in [0.15, 0.2) is 0 Å². The maximum absolute atomic E-state index is 12.7. The fourth-order valence-corrected chi connectivity index (χ4v) is 2.96. The molecule has 1 aliphatic rings. The number of thioether (sulfide) groups is 1. The summed E-state index contributed by atoms with van der Waals surface area (Å²) in [6.07, 6.45) is 1.79. The number of carboxylic acids is 1. The smallest absolute Gasteiger partial charge is 0.408 e. The minimum atomic E-state index is -1.09. The predicted molar refractivity (Wildman–Crippen MR) is 91.9 cm³/mol. The zero-order chi connectivity index (χ0) is 18.5. The summed E-state index contributed by atoms with van der Waals surface area (Å²) in [6, 6.07) is -2.16. The minimum absolute atomic E-state index is 0.168. The Morgan fingerprint density at radius 1 is 1.42 bits per heavy atom. The van der Waals surface area contributed by atoms with Gasteiger partial charge in [-0.15, -0.1) is 0 Å². The molecule has 1 heterocycles. The highest BCUT2D eigenvalue weighted by molar-refractivity contribution is 7.98. The number of hydrogen-bond acceptors (Lipinski definition) is 6. The fraction of sp³-hybridized carbons (Fsp3) is 0.800. The molecule has 0 spiro atoms. The average molecular weight is 361 g/mol. The molecule has 4 N–H and O–H groups in total. The number of carbonyl (C=O) groups is 3. The number of hydrogen-bond donors (Lipinski definition) is 3. The Bertz CT molecular complexity index is 480. The number of alkyl carbamates (subject to hydrolysis) is 1. The number of likely N-dealkylation sites (tertiary alicyclic amines) is 1. The maximum atomic E-state index is 12.7. The van der Waals surface area contributed by atoms with E-state index in [1.54, 1.807) is 20.8 Å². The molecule has 1 fully saturated rings. The Morgan fingerprint density at radius 3 is 2.54 bits per heavy atom. The van der Waals surface area contributed by atoms with Crippen molar-refractivity contribution in [1.82, 2.24) is 10.2 Å². The first-order chi connectivity index (χ1) is 11.0. The molecule has 3 atom stereocenters. The van der Waals surface area contributed by atoms with Crippen molar-refractivity contribution < 1.29 is 24.2 Å². The van der Waals surface area contributed by atoms with Gasteiger partial charge in [-0.25, -0.2) is 9.59 Å². The van der Waals surface area contributed by atoms with E-state index in [2.05, 4.69) is 5.32 Å². The topological polar surface area (TPSA) is 122 Å². The van der Waals surface area contributed by atoms with E-state index in [1.807, 2.05) is 6.26 Å². The van der Waals surface area contributed by atoms with Gasteiger partial charge in [0, 0.05) is 12.6 Å². The van der Waals surface area contributed by atoms with Crippen LogP contribution in [0, 0.1) is 0 Å². The van der Waals surface area contributed by atoms with Crippen molar-refractivity contribution in [2.45, 2.75) is 57.3 Å². The van der Waals surface area contributed by atoms with E-state index in [-0.39, 0.29) is 19.0 Å². The van der Waals surface area contributed by atoms with Crippen LogP contribution in [0.1, 0.15) is 33.6 Å². The zero-order valence-electron chi connectivity index (χ0n) is 14.6. The number of nitrogens with zero attached hydrogens (tertiary/aromatic N) is 1. The molecule has 24 heavy (non-hydrogen) atoms. The van der Waals surface area contributed by atoms with Gasteiger partial charge in [0.25, 0.3) is 0 Å². The molecule has 1 saturated heterocycles. The van der Waals surface area contributed by atoms with Crippen molar-refractivity contribution in [3.63, 3.8) is 0 Å². The van der Waals surface area contributed by atoms with Gasteiger partial charge < -0.3 is 25.8 Å². The number of nitrogens with one attached hydrogen (secondary N) is 1. The number of carboxylic acid groups (broad SMARTS) is 1. The highest BCUT2D eigenvalue weighted by Gasteiger charge is 2.41. The lowest BCUT2D eigenvalue weighted by Gasteiger charge is -2.28. The molecule has 2 amide bonds.